The maximum Gasteiger partial charge on any atom is 0.243 e. The summed E-state index contributed by atoms with van der Waals surface area (Å²) in [5, 5.41) is 8.21. The Labute approximate surface area is 143 Å². The van der Waals surface area contributed by atoms with E-state index in [9.17, 15) is 18.4 Å². The van der Waals surface area contributed by atoms with Crippen molar-refractivity contribution >= 4 is 28.9 Å². The number of hydrogen-bond acceptors (Lipinski definition) is 3. The van der Waals surface area contributed by atoms with Crippen molar-refractivity contribution < 1.29 is 18.4 Å². The molecule has 0 radical (unpaired) electrons. The highest BCUT2D eigenvalue weighted by molar-refractivity contribution is 5.95. The van der Waals surface area contributed by atoms with Crippen LogP contribution in [-0.2, 0) is 9.59 Å². The second-order valence-electron chi connectivity index (χ2n) is 5.87. The topological polar surface area (TPSA) is 70.2 Å². The van der Waals surface area contributed by atoms with Crippen molar-refractivity contribution in [2.45, 2.75) is 12.8 Å². The SMILES string of the molecule is O=C(CNc1ccc(NC(=O)C2CC2)cc1)Nc1ccc(F)c(F)c1. The summed E-state index contributed by atoms with van der Waals surface area (Å²) in [6, 6.07) is 10.1. The molecule has 25 heavy (non-hydrogen) atoms. The zero-order chi connectivity index (χ0) is 17.8. The summed E-state index contributed by atoms with van der Waals surface area (Å²) >= 11 is 0. The molecule has 3 N–H and O–H groups in total. The Morgan fingerprint density at radius 1 is 0.880 bits per heavy atom. The summed E-state index contributed by atoms with van der Waals surface area (Å²) in [6.07, 6.45) is 1.89. The maximum atomic E-state index is 13.1. The van der Waals surface area contributed by atoms with Gasteiger partial charge in [-0.1, -0.05) is 0 Å². The van der Waals surface area contributed by atoms with Gasteiger partial charge in [-0.3, -0.25) is 9.59 Å². The number of carbonyl (C=O) groups is 2. The van der Waals surface area contributed by atoms with Gasteiger partial charge < -0.3 is 16.0 Å². The first-order valence-corrected chi connectivity index (χ1v) is 7.91. The molecule has 0 atom stereocenters. The molecule has 1 saturated carbocycles. The molecule has 1 fully saturated rings. The number of nitrogens with one attached hydrogen (secondary N) is 3. The van der Waals surface area contributed by atoms with Crippen molar-refractivity contribution in [3.63, 3.8) is 0 Å². The van der Waals surface area contributed by atoms with E-state index in [1.165, 1.54) is 6.07 Å². The molecule has 2 aromatic rings. The molecular weight excluding hydrogens is 328 g/mol. The lowest BCUT2D eigenvalue weighted by molar-refractivity contribution is -0.117. The Morgan fingerprint density at radius 3 is 2.16 bits per heavy atom. The maximum absolute atomic E-state index is 13.1. The predicted octanol–water partition coefficient (Wildman–Crippen LogP) is 3.36. The van der Waals surface area contributed by atoms with Crippen LogP contribution in [0, 0.1) is 17.6 Å². The third kappa shape index (κ3) is 4.76. The lowest BCUT2D eigenvalue weighted by Crippen LogP contribution is -2.21. The third-order valence-electron chi connectivity index (χ3n) is 3.76. The minimum Gasteiger partial charge on any atom is -0.376 e. The molecule has 5 nitrogen and oxygen atoms in total. The van der Waals surface area contributed by atoms with Crippen LogP contribution in [0.15, 0.2) is 42.5 Å². The zero-order valence-electron chi connectivity index (χ0n) is 13.3. The molecule has 0 aliphatic heterocycles. The molecule has 0 bridgehead atoms. The average molecular weight is 345 g/mol. The van der Waals surface area contributed by atoms with Gasteiger partial charge in [0.2, 0.25) is 11.8 Å². The van der Waals surface area contributed by atoms with Crippen molar-refractivity contribution in [1.29, 1.82) is 0 Å². The average Bonchev–Trinajstić information content (AvgIpc) is 3.43. The standard InChI is InChI=1S/C18H17F2N3O2/c19-15-8-7-14(9-16(15)20)22-17(24)10-21-12-3-5-13(6-4-12)23-18(25)11-1-2-11/h3-9,11,21H,1-2,10H2,(H,22,24)(H,23,25). The Balaban J connectivity index is 1.48. The normalized spacial score (nSPS) is 13.2. The Hall–Kier alpha value is -2.96. The van der Waals surface area contributed by atoms with Gasteiger partial charge >= 0.3 is 0 Å². The van der Waals surface area contributed by atoms with Crippen molar-refractivity contribution in [3.8, 4) is 0 Å². The quantitative estimate of drug-likeness (QED) is 0.752. The highest BCUT2D eigenvalue weighted by Crippen LogP contribution is 2.30. The second-order valence-corrected chi connectivity index (χ2v) is 5.87. The predicted molar refractivity (Wildman–Crippen MR) is 91.3 cm³/mol. The van der Waals surface area contributed by atoms with Gasteiger partial charge in [-0.05, 0) is 49.2 Å². The molecule has 7 heteroatoms. The van der Waals surface area contributed by atoms with Crippen molar-refractivity contribution in [1.82, 2.24) is 0 Å². The minimum atomic E-state index is -1.02. The van der Waals surface area contributed by atoms with Crippen LogP contribution in [-0.4, -0.2) is 18.4 Å². The van der Waals surface area contributed by atoms with E-state index in [-0.39, 0.29) is 24.1 Å². The molecule has 0 unspecified atom stereocenters. The molecule has 1 aliphatic rings. The molecule has 3 rings (SSSR count). The highest BCUT2D eigenvalue weighted by Gasteiger charge is 2.29. The molecular formula is C18H17F2N3O2. The van der Waals surface area contributed by atoms with Gasteiger partial charge in [0.05, 0.1) is 6.54 Å². The largest absolute Gasteiger partial charge is 0.376 e. The first kappa shape index (κ1) is 16.9. The number of benzene rings is 2. The fourth-order valence-electron chi connectivity index (χ4n) is 2.22. The number of hydrogen-bond donors (Lipinski definition) is 3. The molecule has 2 amide bonds. The van der Waals surface area contributed by atoms with Gasteiger partial charge in [-0.2, -0.15) is 0 Å². The van der Waals surface area contributed by atoms with E-state index in [2.05, 4.69) is 16.0 Å². The van der Waals surface area contributed by atoms with E-state index in [0.717, 1.165) is 25.0 Å². The van der Waals surface area contributed by atoms with Crippen molar-refractivity contribution in [2.24, 2.45) is 5.92 Å². The number of amides is 2. The molecule has 0 heterocycles. The Morgan fingerprint density at radius 2 is 1.52 bits per heavy atom. The molecule has 0 aromatic heterocycles. The molecule has 0 spiro atoms. The minimum absolute atomic E-state index is 0.0339. The van der Waals surface area contributed by atoms with Crippen LogP contribution in [0.4, 0.5) is 25.8 Å². The van der Waals surface area contributed by atoms with Gasteiger partial charge in [-0.25, -0.2) is 8.78 Å². The van der Waals surface area contributed by atoms with Crippen LogP contribution in [0.1, 0.15) is 12.8 Å². The van der Waals surface area contributed by atoms with Crippen LogP contribution in [0.2, 0.25) is 0 Å². The molecule has 2 aromatic carbocycles. The zero-order valence-corrected chi connectivity index (χ0v) is 13.3. The van der Waals surface area contributed by atoms with E-state index in [0.29, 0.717) is 11.4 Å². The van der Waals surface area contributed by atoms with Gasteiger partial charge in [0, 0.05) is 29.0 Å². The summed E-state index contributed by atoms with van der Waals surface area (Å²) < 4.78 is 25.9. The van der Waals surface area contributed by atoms with E-state index < -0.39 is 17.5 Å². The summed E-state index contributed by atoms with van der Waals surface area (Å²) in [5.41, 5.74) is 1.59. The van der Waals surface area contributed by atoms with E-state index in [4.69, 9.17) is 0 Å². The number of rotatable bonds is 6. The van der Waals surface area contributed by atoms with E-state index in [1.54, 1.807) is 24.3 Å². The number of carbonyl (C=O) groups excluding carboxylic acids is 2. The monoisotopic (exact) mass is 345 g/mol. The first-order valence-electron chi connectivity index (χ1n) is 7.91. The van der Waals surface area contributed by atoms with Gasteiger partial charge in [-0.15, -0.1) is 0 Å². The van der Waals surface area contributed by atoms with Crippen LogP contribution in [0.25, 0.3) is 0 Å². The molecule has 0 saturated heterocycles. The Bertz CT molecular complexity index is 789. The second kappa shape index (κ2) is 7.29. The van der Waals surface area contributed by atoms with Gasteiger partial charge in [0.15, 0.2) is 11.6 Å². The summed E-state index contributed by atoms with van der Waals surface area (Å²) in [7, 11) is 0. The van der Waals surface area contributed by atoms with Crippen LogP contribution >= 0.6 is 0 Å². The smallest absolute Gasteiger partial charge is 0.243 e. The van der Waals surface area contributed by atoms with E-state index >= 15 is 0 Å². The van der Waals surface area contributed by atoms with E-state index in [1.807, 2.05) is 0 Å². The van der Waals surface area contributed by atoms with Crippen LogP contribution < -0.4 is 16.0 Å². The van der Waals surface area contributed by atoms with Gasteiger partial charge in [0.1, 0.15) is 0 Å². The lowest BCUT2D eigenvalue weighted by Gasteiger charge is -2.09. The van der Waals surface area contributed by atoms with Gasteiger partial charge in [0.25, 0.3) is 0 Å². The third-order valence-corrected chi connectivity index (χ3v) is 3.76. The van der Waals surface area contributed by atoms with Crippen molar-refractivity contribution in [2.75, 3.05) is 22.5 Å². The summed E-state index contributed by atoms with van der Waals surface area (Å²) in [4.78, 5) is 23.5. The summed E-state index contributed by atoms with van der Waals surface area (Å²) in [6.45, 7) is -0.0349. The fraction of sp³-hybridized carbons (Fsp3) is 0.222. The molecule has 1 aliphatic carbocycles. The summed E-state index contributed by atoms with van der Waals surface area (Å²) in [5.74, 6) is -2.21. The van der Waals surface area contributed by atoms with Crippen LogP contribution in [0.3, 0.4) is 0 Å². The Kier molecular flexibility index (Phi) is 4.92. The lowest BCUT2D eigenvalue weighted by atomic mass is 10.2. The highest BCUT2D eigenvalue weighted by atomic mass is 19.2. The fourth-order valence-corrected chi connectivity index (χ4v) is 2.22. The number of halogens is 2. The first-order chi connectivity index (χ1) is 12.0. The van der Waals surface area contributed by atoms with Crippen molar-refractivity contribution in [3.05, 3.63) is 54.1 Å². The molecule has 130 valence electrons. The van der Waals surface area contributed by atoms with Crippen LogP contribution in [0.5, 0.6) is 0 Å². The number of anilines is 3.